The monoisotopic (exact) mass is 577 g/mol. The molecule has 1 N–H and O–H groups in total. The number of allylic oxidation sites excluding steroid dienone is 3. The third-order valence-electron chi connectivity index (χ3n) is 6.57. The molecule has 2 aromatic heterocycles. The Kier molecular flexibility index (Phi) is 21.5. The third kappa shape index (κ3) is 13.6. The van der Waals surface area contributed by atoms with E-state index in [1.54, 1.807) is 19.0 Å². The van der Waals surface area contributed by atoms with E-state index in [-0.39, 0.29) is 11.8 Å². The van der Waals surface area contributed by atoms with Crippen LogP contribution in [-0.4, -0.2) is 66.5 Å². The Labute approximate surface area is 258 Å². The van der Waals surface area contributed by atoms with Crippen LogP contribution in [0.1, 0.15) is 85.4 Å². The van der Waals surface area contributed by atoms with Gasteiger partial charge in [0.15, 0.2) is 0 Å². The van der Waals surface area contributed by atoms with Gasteiger partial charge in [0, 0.05) is 50.7 Å². The molecule has 6 heteroatoms. The highest BCUT2D eigenvalue weighted by Gasteiger charge is 2.16. The second-order valence-electron chi connectivity index (χ2n) is 9.76. The number of anilines is 1. The first-order chi connectivity index (χ1) is 20.4. The van der Waals surface area contributed by atoms with Crippen molar-refractivity contribution in [2.75, 3.05) is 46.1 Å². The van der Waals surface area contributed by atoms with Gasteiger partial charge in [0.25, 0.3) is 0 Å². The maximum atomic E-state index is 11.3. The molecule has 0 saturated carbocycles. The van der Waals surface area contributed by atoms with Crippen LogP contribution in [0.4, 0.5) is 5.69 Å². The highest BCUT2D eigenvalue weighted by atomic mass is 16.2. The summed E-state index contributed by atoms with van der Waals surface area (Å²) in [5.41, 5.74) is 6.77. The number of aromatic nitrogens is 2. The van der Waals surface area contributed by atoms with Crippen molar-refractivity contribution >= 4 is 17.7 Å². The van der Waals surface area contributed by atoms with E-state index < -0.39 is 0 Å². The molecule has 1 fully saturated rings. The number of hydrogen-bond donors (Lipinski definition) is 1. The zero-order chi connectivity index (χ0) is 31.9. The Balaban J connectivity index is 0.000000827. The van der Waals surface area contributed by atoms with Crippen molar-refractivity contribution in [3.8, 4) is 11.3 Å². The lowest BCUT2D eigenvalue weighted by molar-refractivity contribution is -0.131. The predicted octanol–water partition coefficient (Wildman–Crippen LogP) is 8.67. The van der Waals surface area contributed by atoms with E-state index in [9.17, 15) is 4.79 Å². The summed E-state index contributed by atoms with van der Waals surface area (Å²) in [5, 5.41) is 3.12. The summed E-state index contributed by atoms with van der Waals surface area (Å²) in [4.78, 5) is 24.6. The number of pyridine rings is 2. The number of hydrogen-bond acceptors (Lipinski definition) is 5. The highest BCUT2D eigenvalue weighted by Crippen LogP contribution is 2.27. The Morgan fingerprint density at radius 3 is 2.19 bits per heavy atom. The number of piperidine rings is 1. The third-order valence-corrected chi connectivity index (χ3v) is 6.57. The molecule has 6 nitrogen and oxygen atoms in total. The summed E-state index contributed by atoms with van der Waals surface area (Å²) in [6, 6.07) is 6.19. The summed E-state index contributed by atoms with van der Waals surface area (Å²) in [6.45, 7) is 19.8. The Bertz CT molecular complexity index is 1080. The fraction of sp³-hybridized carbons (Fsp3) is 0.528. The first-order valence-electron chi connectivity index (χ1n) is 15.9. The summed E-state index contributed by atoms with van der Waals surface area (Å²) in [7, 11) is 5.48. The summed E-state index contributed by atoms with van der Waals surface area (Å²) in [5.74, 6) is 0.251. The second kappa shape index (κ2) is 23.3. The van der Waals surface area contributed by atoms with E-state index in [1.807, 2.05) is 85.3 Å². The van der Waals surface area contributed by atoms with E-state index in [0.29, 0.717) is 0 Å². The molecule has 1 saturated heterocycles. The van der Waals surface area contributed by atoms with E-state index in [0.717, 1.165) is 35.6 Å². The molecular formula is C36H59N5O. The van der Waals surface area contributed by atoms with E-state index in [1.165, 1.54) is 43.5 Å². The van der Waals surface area contributed by atoms with Gasteiger partial charge in [-0.25, -0.2) is 0 Å². The van der Waals surface area contributed by atoms with Crippen molar-refractivity contribution in [3.63, 3.8) is 0 Å². The molecule has 4 rings (SSSR count). The topological polar surface area (TPSA) is 61.4 Å². The molecule has 1 aliphatic carbocycles. The van der Waals surface area contributed by atoms with E-state index in [4.69, 9.17) is 0 Å². The van der Waals surface area contributed by atoms with E-state index >= 15 is 0 Å². The molecule has 0 radical (unpaired) electrons. The number of carbonyl (C=O) groups excluding carboxylic acids is 1. The molecule has 3 heterocycles. The van der Waals surface area contributed by atoms with Crippen LogP contribution in [-0.2, 0) is 4.79 Å². The van der Waals surface area contributed by atoms with Crippen molar-refractivity contribution in [1.29, 1.82) is 0 Å². The molecule has 0 aromatic carbocycles. The molecule has 2 aliphatic rings. The lowest BCUT2D eigenvalue weighted by Crippen LogP contribution is -2.31. The van der Waals surface area contributed by atoms with Crippen molar-refractivity contribution in [1.82, 2.24) is 19.8 Å². The van der Waals surface area contributed by atoms with E-state index in [2.05, 4.69) is 58.3 Å². The van der Waals surface area contributed by atoms with Gasteiger partial charge in [0.05, 0.1) is 23.5 Å². The largest absolute Gasteiger partial charge is 0.387 e. The summed E-state index contributed by atoms with van der Waals surface area (Å²) >= 11 is 0. The maximum Gasteiger partial charge on any atom is 0.229 e. The fourth-order valence-corrected chi connectivity index (χ4v) is 4.54. The van der Waals surface area contributed by atoms with Gasteiger partial charge in [-0.3, -0.25) is 19.7 Å². The predicted molar refractivity (Wildman–Crippen MR) is 185 cm³/mol. The van der Waals surface area contributed by atoms with Gasteiger partial charge < -0.3 is 10.2 Å². The highest BCUT2D eigenvalue weighted by molar-refractivity contribution is 5.80. The van der Waals surface area contributed by atoms with Crippen LogP contribution in [0, 0.1) is 12.8 Å². The van der Waals surface area contributed by atoms with Gasteiger partial charge in [0.2, 0.25) is 5.91 Å². The Morgan fingerprint density at radius 1 is 1.00 bits per heavy atom. The average Bonchev–Trinajstić information content (AvgIpc) is 3.05. The minimum atomic E-state index is 0.0648. The zero-order valence-corrected chi connectivity index (χ0v) is 28.5. The standard InChI is InChI=1S/C21H28N4.C9H13NO.3C2H6/c1-16(15-25-11-5-4-6-12-25)13-20-17(2)23-10-9-19(20)21-8-7-18(22-3)14-24-21;1-10(2)9(11)8-6-4-3-5-7-8;3*1-2/h7-10,13-14,22H,4-6,11-12,15H2,1-3H3;3-6,8H,7H2,1-2H3;3*1-2H3/b16-13+;;;;. The fourth-order valence-electron chi connectivity index (χ4n) is 4.54. The van der Waals surface area contributed by atoms with Gasteiger partial charge in [0.1, 0.15) is 0 Å². The number of aryl methyl sites for hydroxylation is 1. The number of nitrogens with zero attached hydrogens (tertiary/aromatic N) is 4. The van der Waals surface area contributed by atoms with Crippen molar-refractivity contribution in [2.24, 2.45) is 5.92 Å². The number of nitrogens with one attached hydrogen (secondary N) is 1. The molecular weight excluding hydrogens is 518 g/mol. The minimum Gasteiger partial charge on any atom is -0.387 e. The maximum absolute atomic E-state index is 11.3. The van der Waals surface area contributed by atoms with Crippen molar-refractivity contribution in [2.45, 2.75) is 81.1 Å². The Morgan fingerprint density at radius 2 is 1.67 bits per heavy atom. The van der Waals surface area contributed by atoms with Crippen LogP contribution in [0.3, 0.4) is 0 Å². The van der Waals surface area contributed by atoms with Gasteiger partial charge in [-0.15, -0.1) is 0 Å². The molecule has 1 unspecified atom stereocenters. The quantitative estimate of drug-likeness (QED) is 0.372. The van der Waals surface area contributed by atoms with Gasteiger partial charge in [-0.2, -0.15) is 0 Å². The van der Waals surface area contributed by atoms with Gasteiger partial charge in [-0.1, -0.05) is 83.9 Å². The smallest absolute Gasteiger partial charge is 0.229 e. The molecule has 1 amide bonds. The van der Waals surface area contributed by atoms with Crippen LogP contribution >= 0.6 is 0 Å². The SMILES string of the molecule is CC.CC.CC.CN(C)C(=O)C1C=CC=CC1.CNc1ccc(-c2ccnc(C)c2/C=C(\C)CN2CCCCC2)nc1. The summed E-state index contributed by atoms with van der Waals surface area (Å²) < 4.78 is 0. The van der Waals surface area contributed by atoms with Crippen LogP contribution in [0.2, 0.25) is 0 Å². The molecule has 0 spiro atoms. The molecule has 42 heavy (non-hydrogen) atoms. The first-order valence-corrected chi connectivity index (χ1v) is 15.9. The lowest BCUT2D eigenvalue weighted by atomic mass is 10.00. The number of carbonyl (C=O) groups is 1. The van der Waals surface area contributed by atoms with Crippen LogP contribution in [0.25, 0.3) is 17.3 Å². The van der Waals surface area contributed by atoms with Gasteiger partial charge in [-0.05, 0) is 64.4 Å². The lowest BCUT2D eigenvalue weighted by Gasteiger charge is -2.26. The number of rotatable bonds is 6. The van der Waals surface area contributed by atoms with Gasteiger partial charge >= 0.3 is 0 Å². The number of amides is 1. The normalized spacial score (nSPS) is 15.7. The zero-order valence-electron chi connectivity index (χ0n) is 28.5. The average molecular weight is 578 g/mol. The molecule has 1 aliphatic heterocycles. The first kappa shape index (κ1) is 38.8. The molecule has 234 valence electrons. The van der Waals surface area contributed by atoms with Crippen LogP contribution < -0.4 is 5.32 Å². The number of likely N-dealkylation sites (tertiary alicyclic amines) is 1. The van der Waals surface area contributed by atoms with Crippen LogP contribution in [0.5, 0.6) is 0 Å². The van der Waals surface area contributed by atoms with Crippen molar-refractivity contribution < 1.29 is 4.79 Å². The van der Waals surface area contributed by atoms with Crippen LogP contribution in [0.15, 0.2) is 60.5 Å². The minimum absolute atomic E-state index is 0.0648. The Hall–Kier alpha value is -3.25. The van der Waals surface area contributed by atoms with Crippen molar-refractivity contribution in [3.05, 3.63) is 71.7 Å². The molecule has 0 bridgehead atoms. The molecule has 1 atom stereocenters. The molecule has 2 aromatic rings. The second-order valence-corrected chi connectivity index (χ2v) is 9.76. The summed E-state index contributed by atoms with van der Waals surface area (Å²) in [6.07, 6.45) is 18.8.